The maximum Gasteiger partial charge on any atom is 0.269 e. The lowest BCUT2D eigenvalue weighted by atomic mass is 9.77. The van der Waals surface area contributed by atoms with E-state index in [1.54, 1.807) is 18.4 Å². The molecule has 0 fully saturated rings. The molecule has 0 radical (unpaired) electrons. The number of aryl methyl sites for hydroxylation is 1. The Labute approximate surface area is 144 Å². The smallest absolute Gasteiger partial charge is 0.269 e. The van der Waals surface area contributed by atoms with Crippen molar-refractivity contribution >= 4 is 5.69 Å². The molecule has 0 aliphatic heterocycles. The number of aliphatic hydroxyl groups is 1. The van der Waals surface area contributed by atoms with Gasteiger partial charge in [-0.15, -0.1) is 0 Å². The zero-order chi connectivity index (χ0) is 17.4. The summed E-state index contributed by atoms with van der Waals surface area (Å²) in [5.41, 5.74) is 3.70. The van der Waals surface area contributed by atoms with Crippen molar-refractivity contribution in [3.8, 4) is 11.3 Å². The van der Waals surface area contributed by atoms with Crippen LogP contribution in [0.4, 0.5) is 5.69 Å². The van der Waals surface area contributed by atoms with Crippen LogP contribution in [0.1, 0.15) is 29.0 Å². The van der Waals surface area contributed by atoms with E-state index in [0.717, 1.165) is 34.4 Å². The van der Waals surface area contributed by atoms with Crippen LogP contribution >= 0.6 is 0 Å². The minimum Gasteiger partial charge on any atom is -0.464 e. The number of furan rings is 1. The quantitative estimate of drug-likeness (QED) is 0.572. The fourth-order valence-corrected chi connectivity index (χ4v) is 3.63. The zero-order valence-electron chi connectivity index (χ0n) is 13.5. The molecule has 0 spiro atoms. The van der Waals surface area contributed by atoms with Gasteiger partial charge in [-0.1, -0.05) is 42.5 Å². The molecule has 2 atom stereocenters. The van der Waals surface area contributed by atoms with Gasteiger partial charge in [0, 0.05) is 29.2 Å². The molecule has 25 heavy (non-hydrogen) atoms. The third kappa shape index (κ3) is 2.72. The molecule has 0 amide bonds. The summed E-state index contributed by atoms with van der Waals surface area (Å²) in [7, 11) is 0. The molecule has 0 unspecified atom stereocenters. The Balaban J connectivity index is 1.87. The van der Waals surface area contributed by atoms with E-state index in [1.165, 1.54) is 6.07 Å². The second-order valence-corrected chi connectivity index (χ2v) is 6.31. The van der Waals surface area contributed by atoms with Crippen LogP contribution < -0.4 is 0 Å². The van der Waals surface area contributed by atoms with Crippen LogP contribution in [0.3, 0.4) is 0 Å². The number of fused-ring (bicyclic) bond motifs is 1. The zero-order valence-corrected chi connectivity index (χ0v) is 13.5. The molecule has 1 N–H and O–H groups in total. The molecule has 5 nitrogen and oxygen atoms in total. The molecule has 0 saturated carbocycles. The SMILES string of the molecule is O=[N+]([O-])c1cccc([C@@H]2c3c(coc3-c3ccccc3)CC[C@@H]2O)c1. The number of nitrogens with zero attached hydrogens (tertiary/aromatic N) is 1. The number of hydrogen-bond donors (Lipinski definition) is 1. The lowest BCUT2D eigenvalue weighted by Gasteiger charge is -2.29. The highest BCUT2D eigenvalue weighted by Crippen LogP contribution is 2.44. The van der Waals surface area contributed by atoms with Gasteiger partial charge >= 0.3 is 0 Å². The summed E-state index contributed by atoms with van der Waals surface area (Å²) in [5.74, 6) is 0.392. The Morgan fingerprint density at radius 3 is 2.68 bits per heavy atom. The molecule has 5 heteroatoms. The monoisotopic (exact) mass is 335 g/mol. The van der Waals surface area contributed by atoms with Gasteiger partial charge in [0.1, 0.15) is 5.76 Å². The topological polar surface area (TPSA) is 76.5 Å². The third-order valence-corrected chi connectivity index (χ3v) is 4.79. The number of nitro benzene ring substituents is 1. The lowest BCUT2D eigenvalue weighted by molar-refractivity contribution is -0.384. The summed E-state index contributed by atoms with van der Waals surface area (Å²) in [6, 6.07) is 16.2. The maximum absolute atomic E-state index is 11.1. The number of non-ortho nitro benzene ring substituents is 1. The van der Waals surface area contributed by atoms with Crippen LogP contribution in [0.5, 0.6) is 0 Å². The molecule has 126 valence electrons. The van der Waals surface area contributed by atoms with Crippen molar-refractivity contribution in [3.63, 3.8) is 0 Å². The van der Waals surface area contributed by atoms with Gasteiger partial charge in [-0.25, -0.2) is 0 Å². The van der Waals surface area contributed by atoms with Gasteiger partial charge in [-0.05, 0) is 24.0 Å². The van der Waals surface area contributed by atoms with E-state index in [0.29, 0.717) is 6.42 Å². The van der Waals surface area contributed by atoms with Crippen molar-refractivity contribution in [1.82, 2.24) is 0 Å². The Hall–Kier alpha value is -2.92. The minimum absolute atomic E-state index is 0.0292. The van der Waals surface area contributed by atoms with Gasteiger partial charge in [-0.2, -0.15) is 0 Å². The highest BCUT2D eigenvalue weighted by Gasteiger charge is 2.34. The van der Waals surface area contributed by atoms with Gasteiger partial charge < -0.3 is 9.52 Å². The maximum atomic E-state index is 11.1. The van der Waals surface area contributed by atoms with Gasteiger partial charge in [-0.3, -0.25) is 10.1 Å². The summed E-state index contributed by atoms with van der Waals surface area (Å²) >= 11 is 0. The average Bonchev–Trinajstić information content (AvgIpc) is 3.06. The van der Waals surface area contributed by atoms with Crippen molar-refractivity contribution in [2.45, 2.75) is 24.9 Å². The molecule has 2 aromatic carbocycles. The molecular weight excluding hydrogens is 318 g/mol. The second kappa shape index (κ2) is 6.18. The van der Waals surface area contributed by atoms with Crippen LogP contribution in [0.25, 0.3) is 11.3 Å². The van der Waals surface area contributed by atoms with E-state index in [-0.39, 0.29) is 11.6 Å². The molecule has 1 aliphatic rings. The molecule has 1 heterocycles. The fourth-order valence-electron chi connectivity index (χ4n) is 3.63. The van der Waals surface area contributed by atoms with Crippen LogP contribution in [0, 0.1) is 10.1 Å². The third-order valence-electron chi connectivity index (χ3n) is 4.79. The van der Waals surface area contributed by atoms with E-state index in [9.17, 15) is 15.2 Å². The van der Waals surface area contributed by atoms with E-state index in [1.807, 2.05) is 36.4 Å². The predicted octanol–water partition coefficient (Wildman–Crippen LogP) is 4.29. The summed E-state index contributed by atoms with van der Waals surface area (Å²) in [6.07, 6.45) is 2.48. The molecule has 3 aromatic rings. The number of nitro groups is 1. The average molecular weight is 335 g/mol. The highest BCUT2D eigenvalue weighted by atomic mass is 16.6. The second-order valence-electron chi connectivity index (χ2n) is 6.31. The predicted molar refractivity (Wildman–Crippen MR) is 93.4 cm³/mol. The van der Waals surface area contributed by atoms with Crippen LogP contribution in [0.15, 0.2) is 65.3 Å². The standard InChI is InChI=1S/C20H17NO4/c22-17-10-9-15-12-25-20(13-5-2-1-3-6-13)19(15)18(17)14-7-4-8-16(11-14)21(23)24/h1-8,11-12,17-18,22H,9-10H2/t17-,18-/m0/s1. The van der Waals surface area contributed by atoms with Crippen molar-refractivity contribution < 1.29 is 14.4 Å². The molecule has 1 aromatic heterocycles. The summed E-state index contributed by atoms with van der Waals surface area (Å²) in [4.78, 5) is 10.7. The Morgan fingerprint density at radius 2 is 1.92 bits per heavy atom. The largest absolute Gasteiger partial charge is 0.464 e. The summed E-state index contributed by atoms with van der Waals surface area (Å²) in [5, 5.41) is 21.8. The number of hydrogen-bond acceptors (Lipinski definition) is 4. The fraction of sp³-hybridized carbons (Fsp3) is 0.200. The number of aliphatic hydroxyl groups excluding tert-OH is 1. The van der Waals surface area contributed by atoms with Crippen molar-refractivity contribution in [2.75, 3.05) is 0 Å². The highest BCUT2D eigenvalue weighted by molar-refractivity contribution is 5.66. The van der Waals surface area contributed by atoms with Crippen molar-refractivity contribution in [1.29, 1.82) is 0 Å². The normalized spacial score (nSPS) is 19.4. The first-order valence-electron chi connectivity index (χ1n) is 8.23. The van der Waals surface area contributed by atoms with Crippen LogP contribution in [0.2, 0.25) is 0 Å². The van der Waals surface area contributed by atoms with E-state index >= 15 is 0 Å². The van der Waals surface area contributed by atoms with Gasteiger partial charge in [0.15, 0.2) is 0 Å². The number of benzene rings is 2. The molecule has 1 aliphatic carbocycles. The minimum atomic E-state index is -0.602. The summed E-state index contributed by atoms with van der Waals surface area (Å²) in [6.45, 7) is 0. The van der Waals surface area contributed by atoms with Crippen molar-refractivity contribution in [2.24, 2.45) is 0 Å². The molecule has 0 bridgehead atoms. The van der Waals surface area contributed by atoms with Crippen LogP contribution in [-0.2, 0) is 6.42 Å². The van der Waals surface area contributed by atoms with Crippen molar-refractivity contribution in [3.05, 3.63) is 87.7 Å². The molecule has 4 rings (SSSR count). The first kappa shape index (κ1) is 15.6. The summed E-state index contributed by atoms with van der Waals surface area (Å²) < 4.78 is 5.84. The number of rotatable bonds is 3. The van der Waals surface area contributed by atoms with E-state index in [4.69, 9.17) is 4.42 Å². The van der Waals surface area contributed by atoms with E-state index in [2.05, 4.69) is 0 Å². The van der Waals surface area contributed by atoms with Gasteiger partial charge in [0.25, 0.3) is 5.69 Å². The Morgan fingerprint density at radius 1 is 1.12 bits per heavy atom. The Kier molecular flexibility index (Phi) is 3.86. The molecular formula is C20H17NO4. The molecule has 0 saturated heterocycles. The Bertz CT molecular complexity index is 916. The van der Waals surface area contributed by atoms with Gasteiger partial charge in [0.2, 0.25) is 0 Å². The van der Waals surface area contributed by atoms with Gasteiger partial charge in [0.05, 0.1) is 17.3 Å². The first-order valence-corrected chi connectivity index (χ1v) is 8.23. The first-order chi connectivity index (χ1) is 12.1. The van der Waals surface area contributed by atoms with E-state index < -0.39 is 11.0 Å². The lowest BCUT2D eigenvalue weighted by Crippen LogP contribution is -2.25. The van der Waals surface area contributed by atoms with Crippen LogP contribution in [-0.4, -0.2) is 16.1 Å².